The van der Waals surface area contributed by atoms with Crippen molar-refractivity contribution in [2.45, 2.75) is 45.1 Å². The number of hydrogen-bond acceptors (Lipinski definition) is 2. The number of halogens is 2. The van der Waals surface area contributed by atoms with Gasteiger partial charge in [-0.05, 0) is 25.3 Å². The fraction of sp³-hybridized carbons (Fsp3) is 0.571. The summed E-state index contributed by atoms with van der Waals surface area (Å²) in [5.74, 6) is -2.78. The van der Waals surface area contributed by atoms with Crippen LogP contribution in [0.5, 0.6) is 0 Å². The molecule has 1 atom stereocenters. The number of pyridine rings is 1. The van der Waals surface area contributed by atoms with Crippen LogP contribution in [0.3, 0.4) is 0 Å². The van der Waals surface area contributed by atoms with Crippen molar-refractivity contribution in [1.82, 2.24) is 9.88 Å². The molecule has 1 aromatic rings. The number of aromatic nitrogens is 1. The Morgan fingerprint density at radius 3 is 2.95 bits per heavy atom. The lowest BCUT2D eigenvalue weighted by atomic mass is 10.1. The highest BCUT2D eigenvalue weighted by Gasteiger charge is 2.27. The first-order chi connectivity index (χ1) is 9.15. The zero-order chi connectivity index (χ0) is 13.8. The third-order valence-corrected chi connectivity index (χ3v) is 3.69. The van der Waals surface area contributed by atoms with Gasteiger partial charge in [0.1, 0.15) is 0 Å². The van der Waals surface area contributed by atoms with Gasteiger partial charge in [-0.25, -0.2) is 9.37 Å². The second kappa shape index (κ2) is 6.08. The van der Waals surface area contributed by atoms with Crippen LogP contribution >= 0.6 is 0 Å². The summed E-state index contributed by atoms with van der Waals surface area (Å²) in [6.07, 6.45) is 5.96. The molecule has 1 aromatic heterocycles. The van der Waals surface area contributed by atoms with Gasteiger partial charge in [0.25, 0.3) is 5.91 Å². The van der Waals surface area contributed by atoms with Crippen molar-refractivity contribution in [3.05, 3.63) is 29.6 Å². The Morgan fingerprint density at radius 2 is 2.21 bits per heavy atom. The molecular weight excluding hydrogens is 250 g/mol. The van der Waals surface area contributed by atoms with Crippen LogP contribution in [0.15, 0.2) is 12.3 Å². The summed E-state index contributed by atoms with van der Waals surface area (Å²) < 4.78 is 26.8. The molecule has 2 rings (SSSR count). The first-order valence-corrected chi connectivity index (χ1v) is 6.76. The van der Waals surface area contributed by atoms with Gasteiger partial charge in [-0.3, -0.25) is 4.79 Å². The van der Waals surface area contributed by atoms with Gasteiger partial charge < -0.3 is 4.90 Å². The highest BCUT2D eigenvalue weighted by molar-refractivity contribution is 5.94. The summed E-state index contributed by atoms with van der Waals surface area (Å²) in [5.41, 5.74) is -0.215. The lowest BCUT2D eigenvalue weighted by Gasteiger charge is -2.29. The topological polar surface area (TPSA) is 33.2 Å². The molecule has 0 N–H and O–H groups in total. The van der Waals surface area contributed by atoms with Crippen LogP contribution < -0.4 is 0 Å². The predicted octanol–water partition coefficient (Wildman–Crippen LogP) is 3.15. The number of nitrogens with zero attached hydrogens (tertiary/aromatic N) is 2. The van der Waals surface area contributed by atoms with E-state index >= 15 is 0 Å². The van der Waals surface area contributed by atoms with Gasteiger partial charge in [-0.2, -0.15) is 4.39 Å². The van der Waals surface area contributed by atoms with Crippen molar-refractivity contribution in [3.8, 4) is 0 Å². The quantitative estimate of drug-likeness (QED) is 0.772. The van der Waals surface area contributed by atoms with Gasteiger partial charge in [0.15, 0.2) is 5.82 Å². The Kier molecular flexibility index (Phi) is 4.45. The number of amides is 1. The van der Waals surface area contributed by atoms with E-state index in [1.807, 2.05) is 6.92 Å². The minimum atomic E-state index is -1.21. The molecule has 0 saturated carbocycles. The summed E-state index contributed by atoms with van der Waals surface area (Å²) in [6.45, 7) is 2.63. The minimum absolute atomic E-state index is 0.116. The van der Waals surface area contributed by atoms with Gasteiger partial charge in [-0.15, -0.1) is 0 Å². The number of likely N-dealkylation sites (tertiary alicyclic amines) is 1. The maximum Gasteiger partial charge on any atom is 0.257 e. The first kappa shape index (κ1) is 13.9. The average molecular weight is 268 g/mol. The highest BCUT2D eigenvalue weighted by Crippen LogP contribution is 2.22. The van der Waals surface area contributed by atoms with Crippen molar-refractivity contribution < 1.29 is 13.6 Å². The van der Waals surface area contributed by atoms with E-state index in [2.05, 4.69) is 4.98 Å². The summed E-state index contributed by atoms with van der Waals surface area (Å²) in [6, 6.07) is 1.36. The fourth-order valence-corrected chi connectivity index (χ4v) is 2.61. The first-order valence-electron chi connectivity index (χ1n) is 6.76. The molecule has 1 unspecified atom stereocenters. The zero-order valence-corrected chi connectivity index (χ0v) is 11.0. The molecule has 0 aromatic carbocycles. The fourth-order valence-electron chi connectivity index (χ4n) is 2.61. The molecular formula is C14H18F2N2O. The maximum atomic E-state index is 13.7. The van der Waals surface area contributed by atoms with E-state index in [0.717, 1.165) is 38.3 Å². The molecule has 0 radical (unpaired) electrons. The van der Waals surface area contributed by atoms with E-state index in [-0.39, 0.29) is 11.6 Å². The lowest BCUT2D eigenvalue weighted by molar-refractivity contribution is 0.0672. The smallest absolute Gasteiger partial charge is 0.257 e. The highest BCUT2D eigenvalue weighted by atomic mass is 19.2. The Balaban J connectivity index is 2.28. The number of rotatable bonds is 2. The van der Waals surface area contributed by atoms with Crippen LogP contribution in [0, 0.1) is 11.8 Å². The van der Waals surface area contributed by atoms with Gasteiger partial charge >= 0.3 is 0 Å². The Hall–Kier alpha value is -1.52. The Bertz CT molecular complexity index is 465. The summed E-state index contributed by atoms with van der Waals surface area (Å²) in [7, 11) is 0. The van der Waals surface area contributed by atoms with Crippen LogP contribution in [-0.4, -0.2) is 28.4 Å². The second-order valence-electron chi connectivity index (χ2n) is 4.87. The molecule has 1 aliphatic rings. The normalized spacial score (nSPS) is 20.2. The van der Waals surface area contributed by atoms with E-state index in [1.165, 1.54) is 6.07 Å². The zero-order valence-electron chi connectivity index (χ0n) is 11.0. The Labute approximate surface area is 111 Å². The van der Waals surface area contributed by atoms with Gasteiger partial charge in [0.2, 0.25) is 5.95 Å². The lowest BCUT2D eigenvalue weighted by Crippen LogP contribution is -2.40. The minimum Gasteiger partial charge on any atom is -0.336 e. The summed E-state index contributed by atoms with van der Waals surface area (Å²) in [5, 5.41) is 0. The van der Waals surface area contributed by atoms with Gasteiger partial charge in [0.05, 0.1) is 5.56 Å². The van der Waals surface area contributed by atoms with E-state index < -0.39 is 17.7 Å². The van der Waals surface area contributed by atoms with Gasteiger partial charge in [0, 0.05) is 18.8 Å². The molecule has 104 valence electrons. The van der Waals surface area contributed by atoms with E-state index in [0.29, 0.717) is 6.54 Å². The maximum absolute atomic E-state index is 13.7. The average Bonchev–Trinajstić information content (AvgIpc) is 2.66. The SMILES string of the molecule is CCC1CCCCCN1C(=O)c1ccnc(F)c1F. The molecule has 0 spiro atoms. The van der Waals surface area contributed by atoms with Crippen molar-refractivity contribution in [3.63, 3.8) is 0 Å². The third-order valence-electron chi connectivity index (χ3n) is 3.69. The van der Waals surface area contributed by atoms with E-state index in [4.69, 9.17) is 0 Å². The number of carbonyl (C=O) groups is 1. The third kappa shape index (κ3) is 2.91. The summed E-state index contributed by atoms with van der Waals surface area (Å²) in [4.78, 5) is 17.3. The largest absolute Gasteiger partial charge is 0.336 e. The molecule has 0 bridgehead atoms. The second-order valence-corrected chi connectivity index (χ2v) is 4.87. The molecule has 0 aliphatic carbocycles. The molecule has 1 fully saturated rings. The van der Waals surface area contributed by atoms with Crippen LogP contribution in [0.2, 0.25) is 0 Å². The number of carbonyl (C=O) groups excluding carboxylic acids is 1. The molecule has 5 heteroatoms. The van der Waals surface area contributed by atoms with Crippen LogP contribution in [0.4, 0.5) is 8.78 Å². The van der Waals surface area contributed by atoms with E-state index in [1.54, 1.807) is 4.90 Å². The molecule has 1 saturated heterocycles. The van der Waals surface area contributed by atoms with Crippen LogP contribution in [0.1, 0.15) is 49.4 Å². The van der Waals surface area contributed by atoms with Gasteiger partial charge in [-0.1, -0.05) is 19.8 Å². The standard InChI is InChI=1S/C14H18F2N2O/c1-2-10-6-4-3-5-9-18(10)14(19)11-7-8-17-13(16)12(11)15/h7-8,10H,2-6,9H2,1H3. The van der Waals surface area contributed by atoms with Crippen LogP contribution in [-0.2, 0) is 0 Å². The van der Waals surface area contributed by atoms with Crippen molar-refractivity contribution in [1.29, 1.82) is 0 Å². The van der Waals surface area contributed by atoms with E-state index in [9.17, 15) is 13.6 Å². The predicted molar refractivity (Wildman–Crippen MR) is 67.7 cm³/mol. The molecule has 2 heterocycles. The van der Waals surface area contributed by atoms with Crippen molar-refractivity contribution >= 4 is 5.91 Å². The summed E-state index contributed by atoms with van der Waals surface area (Å²) >= 11 is 0. The van der Waals surface area contributed by atoms with Crippen LogP contribution in [0.25, 0.3) is 0 Å². The molecule has 1 aliphatic heterocycles. The van der Waals surface area contributed by atoms with Crippen molar-refractivity contribution in [2.24, 2.45) is 0 Å². The molecule has 1 amide bonds. The van der Waals surface area contributed by atoms with Crippen molar-refractivity contribution in [2.75, 3.05) is 6.54 Å². The Morgan fingerprint density at radius 1 is 1.42 bits per heavy atom. The monoisotopic (exact) mass is 268 g/mol. The molecule has 3 nitrogen and oxygen atoms in total. The number of hydrogen-bond donors (Lipinski definition) is 0. The molecule has 19 heavy (non-hydrogen) atoms.